The number of carbonyl (C=O) groups excluding carboxylic acids is 1. The van der Waals surface area contributed by atoms with E-state index in [4.69, 9.17) is 4.98 Å². The summed E-state index contributed by atoms with van der Waals surface area (Å²) in [5.74, 6) is 0.695. The lowest BCUT2D eigenvalue weighted by molar-refractivity contribution is 0.240. The third kappa shape index (κ3) is 4.68. The van der Waals surface area contributed by atoms with Crippen LogP contribution in [0.1, 0.15) is 37.7 Å². The van der Waals surface area contributed by atoms with E-state index in [9.17, 15) is 4.79 Å². The van der Waals surface area contributed by atoms with Crippen molar-refractivity contribution in [1.29, 1.82) is 0 Å². The maximum atomic E-state index is 12.1. The van der Waals surface area contributed by atoms with E-state index in [1.54, 1.807) is 22.7 Å². The van der Waals surface area contributed by atoms with Crippen LogP contribution in [0.25, 0.3) is 32.2 Å². The Morgan fingerprint density at radius 1 is 1.17 bits per heavy atom. The zero-order chi connectivity index (χ0) is 20.9. The number of imidazole rings is 1. The molecule has 0 unspecified atom stereocenters. The molecule has 3 N–H and O–H groups in total. The summed E-state index contributed by atoms with van der Waals surface area (Å²) in [6.07, 6.45) is 3.23. The largest absolute Gasteiger partial charge is 0.340 e. The zero-order valence-corrected chi connectivity index (χ0v) is 18.6. The number of hydrogen-bond acceptors (Lipinski definition) is 6. The van der Waals surface area contributed by atoms with E-state index in [-0.39, 0.29) is 6.03 Å². The third-order valence-corrected chi connectivity index (χ3v) is 6.44. The molecule has 0 aliphatic heterocycles. The standard InChI is InChI=1S/C21H24N6OS2/c1-3-4-5-8-22-21(28)23-10-17-26-18(19(27-17)20-25-13(2)11-29-20)14-6-7-15-16(9-14)30-12-24-15/h6-7,9,11-12H,3-5,8,10H2,1-2H3,(H,26,27)(H2,22,23,28). The highest BCUT2D eigenvalue weighted by Gasteiger charge is 2.18. The van der Waals surface area contributed by atoms with Gasteiger partial charge in [-0.15, -0.1) is 22.7 Å². The van der Waals surface area contributed by atoms with Gasteiger partial charge in [-0.3, -0.25) is 0 Å². The molecule has 0 aliphatic carbocycles. The van der Waals surface area contributed by atoms with Gasteiger partial charge in [0.2, 0.25) is 0 Å². The van der Waals surface area contributed by atoms with Gasteiger partial charge < -0.3 is 15.6 Å². The first kappa shape index (κ1) is 20.5. The van der Waals surface area contributed by atoms with Crippen molar-refractivity contribution in [2.45, 2.75) is 39.7 Å². The predicted molar refractivity (Wildman–Crippen MR) is 123 cm³/mol. The van der Waals surface area contributed by atoms with Crippen molar-refractivity contribution in [2.75, 3.05) is 6.54 Å². The molecule has 0 aliphatic rings. The maximum Gasteiger partial charge on any atom is 0.315 e. The van der Waals surface area contributed by atoms with Gasteiger partial charge >= 0.3 is 6.03 Å². The Hall–Kier alpha value is -2.78. The van der Waals surface area contributed by atoms with E-state index in [1.165, 1.54) is 0 Å². The molecule has 7 nitrogen and oxygen atoms in total. The summed E-state index contributed by atoms with van der Waals surface area (Å²) in [4.78, 5) is 29.2. The number of unbranched alkanes of at least 4 members (excludes halogenated alkanes) is 2. The molecule has 156 valence electrons. The van der Waals surface area contributed by atoms with Crippen LogP contribution in [-0.4, -0.2) is 32.5 Å². The number of carbonyl (C=O) groups is 1. The average Bonchev–Trinajstić information content (AvgIpc) is 3.48. The van der Waals surface area contributed by atoms with Crippen LogP contribution < -0.4 is 10.6 Å². The topological polar surface area (TPSA) is 95.6 Å². The first-order valence-corrected chi connectivity index (χ1v) is 11.8. The molecule has 0 saturated heterocycles. The summed E-state index contributed by atoms with van der Waals surface area (Å²) in [5.41, 5.74) is 6.53. The molecule has 2 amide bonds. The van der Waals surface area contributed by atoms with Crippen LogP contribution >= 0.6 is 22.7 Å². The number of H-pyrrole nitrogens is 1. The van der Waals surface area contributed by atoms with E-state index >= 15 is 0 Å². The molecule has 3 heterocycles. The first-order valence-electron chi connectivity index (χ1n) is 10.0. The summed E-state index contributed by atoms with van der Waals surface area (Å²) in [5, 5.41) is 8.64. The second-order valence-electron chi connectivity index (χ2n) is 7.05. The number of aromatic nitrogens is 4. The van der Waals surface area contributed by atoms with Gasteiger partial charge in [0.05, 0.1) is 28.0 Å². The fourth-order valence-corrected chi connectivity index (χ4v) is 4.65. The lowest BCUT2D eigenvalue weighted by atomic mass is 10.1. The van der Waals surface area contributed by atoms with E-state index in [0.29, 0.717) is 18.9 Å². The number of aryl methyl sites for hydroxylation is 1. The number of aromatic amines is 1. The Morgan fingerprint density at radius 2 is 2.07 bits per heavy atom. The average molecular weight is 441 g/mol. The summed E-state index contributed by atoms with van der Waals surface area (Å²) in [7, 11) is 0. The van der Waals surface area contributed by atoms with E-state index < -0.39 is 0 Å². The van der Waals surface area contributed by atoms with Gasteiger partial charge in [0, 0.05) is 23.2 Å². The highest BCUT2D eigenvalue weighted by molar-refractivity contribution is 7.16. The van der Waals surface area contributed by atoms with Crippen molar-refractivity contribution in [2.24, 2.45) is 0 Å². The predicted octanol–water partition coefficient (Wildman–Crippen LogP) is 5.11. The highest BCUT2D eigenvalue weighted by Crippen LogP contribution is 2.34. The number of amides is 2. The van der Waals surface area contributed by atoms with Crippen LogP contribution in [0.5, 0.6) is 0 Å². The van der Waals surface area contributed by atoms with Crippen molar-refractivity contribution in [3.63, 3.8) is 0 Å². The monoisotopic (exact) mass is 440 g/mol. The van der Waals surface area contributed by atoms with Crippen molar-refractivity contribution < 1.29 is 4.79 Å². The summed E-state index contributed by atoms with van der Waals surface area (Å²) in [6.45, 7) is 5.12. The smallest absolute Gasteiger partial charge is 0.315 e. The van der Waals surface area contributed by atoms with Crippen LogP contribution in [0.4, 0.5) is 4.79 Å². The molecule has 1 aromatic carbocycles. The molecule has 0 spiro atoms. The molecule has 9 heteroatoms. The molecule has 30 heavy (non-hydrogen) atoms. The number of thiazole rings is 2. The van der Waals surface area contributed by atoms with E-state index in [1.807, 2.05) is 29.9 Å². The van der Waals surface area contributed by atoms with Gasteiger partial charge in [0.15, 0.2) is 0 Å². The maximum absolute atomic E-state index is 12.1. The van der Waals surface area contributed by atoms with Gasteiger partial charge in [-0.2, -0.15) is 0 Å². The van der Waals surface area contributed by atoms with Gasteiger partial charge in [0.25, 0.3) is 0 Å². The quantitative estimate of drug-likeness (QED) is 0.332. The fourth-order valence-electron chi connectivity index (χ4n) is 3.15. The Balaban J connectivity index is 1.56. The minimum Gasteiger partial charge on any atom is -0.340 e. The molecular weight excluding hydrogens is 416 g/mol. The number of nitrogens with zero attached hydrogens (tertiary/aromatic N) is 3. The normalized spacial score (nSPS) is 11.1. The molecule has 4 aromatic rings. The number of urea groups is 1. The SMILES string of the molecule is CCCCCNC(=O)NCc1nc(-c2nc(C)cs2)c(-c2ccc3ncsc3c2)[nH]1. The van der Waals surface area contributed by atoms with Crippen molar-refractivity contribution in [1.82, 2.24) is 30.6 Å². The number of fused-ring (bicyclic) bond motifs is 1. The lowest BCUT2D eigenvalue weighted by Crippen LogP contribution is -2.35. The minimum atomic E-state index is -0.179. The highest BCUT2D eigenvalue weighted by atomic mass is 32.1. The van der Waals surface area contributed by atoms with Gasteiger partial charge in [-0.25, -0.2) is 19.7 Å². The van der Waals surface area contributed by atoms with E-state index in [0.717, 1.165) is 57.1 Å². The van der Waals surface area contributed by atoms with Crippen LogP contribution in [0, 0.1) is 6.92 Å². The summed E-state index contributed by atoms with van der Waals surface area (Å²) < 4.78 is 1.12. The Bertz CT molecular complexity index is 1150. The molecular formula is C21H24N6OS2. The second kappa shape index (κ2) is 9.36. The molecule has 0 atom stereocenters. The second-order valence-corrected chi connectivity index (χ2v) is 8.80. The summed E-state index contributed by atoms with van der Waals surface area (Å²) in [6, 6.07) is 5.99. The van der Waals surface area contributed by atoms with Gasteiger partial charge in [-0.1, -0.05) is 25.8 Å². The number of hydrogen-bond donors (Lipinski definition) is 3. The van der Waals surface area contributed by atoms with Crippen molar-refractivity contribution in [3.8, 4) is 22.0 Å². The van der Waals surface area contributed by atoms with Crippen LogP contribution in [-0.2, 0) is 6.54 Å². The Morgan fingerprint density at radius 3 is 2.87 bits per heavy atom. The Kier molecular flexibility index (Phi) is 6.39. The van der Waals surface area contributed by atoms with Crippen molar-refractivity contribution in [3.05, 3.63) is 40.6 Å². The molecule has 4 rings (SSSR count). The fraction of sp³-hybridized carbons (Fsp3) is 0.333. The molecule has 0 radical (unpaired) electrons. The van der Waals surface area contributed by atoms with E-state index in [2.05, 4.69) is 38.6 Å². The molecule has 0 bridgehead atoms. The number of nitrogens with one attached hydrogen (secondary N) is 3. The van der Waals surface area contributed by atoms with Crippen LogP contribution in [0.3, 0.4) is 0 Å². The summed E-state index contributed by atoms with van der Waals surface area (Å²) >= 11 is 3.18. The third-order valence-electron chi connectivity index (χ3n) is 4.68. The first-order chi connectivity index (χ1) is 14.6. The van der Waals surface area contributed by atoms with Gasteiger partial charge in [0.1, 0.15) is 16.5 Å². The molecule has 0 fully saturated rings. The van der Waals surface area contributed by atoms with Crippen molar-refractivity contribution >= 4 is 38.9 Å². The molecule has 0 saturated carbocycles. The zero-order valence-electron chi connectivity index (χ0n) is 17.0. The molecule has 3 aromatic heterocycles. The number of rotatable bonds is 8. The lowest BCUT2D eigenvalue weighted by Gasteiger charge is -2.05. The van der Waals surface area contributed by atoms with Crippen LogP contribution in [0.2, 0.25) is 0 Å². The Labute approximate surface area is 183 Å². The van der Waals surface area contributed by atoms with Crippen LogP contribution in [0.15, 0.2) is 29.1 Å². The van der Waals surface area contributed by atoms with Gasteiger partial charge in [-0.05, 0) is 25.5 Å². The minimum absolute atomic E-state index is 0.179. The number of benzene rings is 1.